The van der Waals surface area contributed by atoms with E-state index in [2.05, 4.69) is 6.58 Å². The van der Waals surface area contributed by atoms with Crippen molar-refractivity contribution in [2.45, 2.75) is 70.9 Å². The molecule has 0 aromatic carbocycles. The Morgan fingerprint density at radius 1 is 1.14 bits per heavy atom. The number of likely N-dealkylation sites (tertiary alicyclic amines) is 1. The number of allylic oxidation sites excluding steroid dienone is 1. The molecular weight excluding hydrogens is 270 g/mol. The quantitative estimate of drug-likeness (QED) is 0.381. The van der Waals surface area contributed by atoms with Crippen LogP contribution in [0.4, 0.5) is 0 Å². The molecule has 0 bridgehead atoms. The maximum atomic E-state index is 11.4. The van der Waals surface area contributed by atoms with Crippen molar-refractivity contribution in [3.63, 3.8) is 0 Å². The molecule has 0 spiro atoms. The molecule has 0 aromatic heterocycles. The third-order valence-electron chi connectivity index (χ3n) is 3.73. The molecule has 1 fully saturated rings. The first-order valence-corrected chi connectivity index (χ1v) is 7.65. The third kappa shape index (κ3) is 5.79. The van der Waals surface area contributed by atoms with Gasteiger partial charge < -0.3 is 5.11 Å². The van der Waals surface area contributed by atoms with E-state index in [1.54, 1.807) is 6.92 Å². The molecule has 1 unspecified atom stereocenters. The van der Waals surface area contributed by atoms with Crippen molar-refractivity contribution in [3.8, 4) is 0 Å². The molecule has 5 nitrogen and oxygen atoms in total. The Morgan fingerprint density at radius 3 is 2.24 bits per heavy atom. The molecular formula is C16H25NO4. The molecule has 21 heavy (non-hydrogen) atoms. The van der Waals surface area contributed by atoms with E-state index in [4.69, 9.17) is 0 Å². The van der Waals surface area contributed by atoms with Crippen LogP contribution in [-0.4, -0.2) is 33.8 Å². The van der Waals surface area contributed by atoms with Crippen molar-refractivity contribution < 1.29 is 19.5 Å². The molecule has 0 aromatic rings. The molecule has 118 valence electrons. The predicted octanol–water partition coefficient (Wildman–Crippen LogP) is 2.33. The first kappa shape index (κ1) is 17.6. The van der Waals surface area contributed by atoms with E-state index in [0.717, 1.165) is 37.0 Å². The van der Waals surface area contributed by atoms with Crippen LogP contribution in [0.5, 0.6) is 0 Å². The minimum atomic E-state index is -0.975. The second-order valence-corrected chi connectivity index (χ2v) is 5.65. The summed E-state index contributed by atoms with van der Waals surface area (Å²) in [6, 6.07) is 0. The number of rotatable bonds is 10. The summed E-state index contributed by atoms with van der Waals surface area (Å²) in [6.07, 6.45) is 4.95. The number of aliphatic hydroxyl groups excluding tert-OH is 1. The highest BCUT2D eigenvalue weighted by atomic mass is 16.3. The molecule has 0 radical (unpaired) electrons. The highest BCUT2D eigenvalue weighted by Crippen LogP contribution is 2.18. The van der Waals surface area contributed by atoms with Gasteiger partial charge in [0.15, 0.2) is 5.78 Å². The van der Waals surface area contributed by atoms with Crippen LogP contribution in [0.15, 0.2) is 12.2 Å². The van der Waals surface area contributed by atoms with Gasteiger partial charge in [-0.15, -0.1) is 0 Å². The number of amides is 2. The minimum absolute atomic E-state index is 0.122. The smallest absolute Gasteiger partial charge is 0.231 e. The van der Waals surface area contributed by atoms with Crippen molar-refractivity contribution in [3.05, 3.63) is 12.2 Å². The van der Waals surface area contributed by atoms with Gasteiger partial charge in [-0.1, -0.05) is 25.8 Å². The largest absolute Gasteiger partial charge is 0.373 e. The van der Waals surface area contributed by atoms with Crippen molar-refractivity contribution in [1.29, 1.82) is 0 Å². The average Bonchev–Trinajstić information content (AvgIpc) is 2.76. The van der Waals surface area contributed by atoms with E-state index in [0.29, 0.717) is 18.4 Å². The van der Waals surface area contributed by atoms with E-state index < -0.39 is 6.23 Å². The standard InChI is InChI=1S/C16H25NO4/c1-12(2)13(18)8-6-4-3-5-7-9-14(19)17-15(20)10-11-16(17)21/h14,19H,1,3-11H2,2H3. The van der Waals surface area contributed by atoms with E-state index in [1.165, 1.54) is 0 Å². The molecule has 1 rings (SSSR count). The van der Waals surface area contributed by atoms with Crippen LogP contribution in [0.3, 0.4) is 0 Å². The van der Waals surface area contributed by atoms with E-state index in [-0.39, 0.29) is 30.4 Å². The van der Waals surface area contributed by atoms with Gasteiger partial charge in [-0.2, -0.15) is 0 Å². The first-order chi connectivity index (χ1) is 9.93. The lowest BCUT2D eigenvalue weighted by molar-refractivity contribution is -0.149. The van der Waals surface area contributed by atoms with Gasteiger partial charge in [-0.25, -0.2) is 0 Å². The number of Topliss-reactive ketones (excluding diaryl/α,β-unsaturated/α-hetero) is 1. The van der Waals surface area contributed by atoms with Crippen LogP contribution in [-0.2, 0) is 14.4 Å². The minimum Gasteiger partial charge on any atom is -0.373 e. The number of ketones is 1. The number of hydrogen-bond acceptors (Lipinski definition) is 4. The molecule has 1 aliphatic rings. The number of unbranched alkanes of at least 4 members (excludes halogenated alkanes) is 4. The van der Waals surface area contributed by atoms with Gasteiger partial charge in [0.2, 0.25) is 11.8 Å². The summed E-state index contributed by atoms with van der Waals surface area (Å²) in [5, 5.41) is 9.86. The predicted molar refractivity (Wildman–Crippen MR) is 79.2 cm³/mol. The topological polar surface area (TPSA) is 74.7 Å². The second kappa shape index (κ2) is 8.72. The molecule has 1 heterocycles. The summed E-state index contributed by atoms with van der Waals surface area (Å²) >= 11 is 0. The molecule has 1 N–H and O–H groups in total. The Bertz CT molecular complexity index is 401. The lowest BCUT2D eigenvalue weighted by atomic mass is 10.0. The lowest BCUT2D eigenvalue weighted by Crippen LogP contribution is -2.39. The van der Waals surface area contributed by atoms with Gasteiger partial charge in [0.25, 0.3) is 0 Å². The number of aliphatic hydroxyl groups is 1. The van der Waals surface area contributed by atoms with Crippen molar-refractivity contribution in [2.75, 3.05) is 0 Å². The Labute approximate surface area is 126 Å². The fraction of sp³-hybridized carbons (Fsp3) is 0.688. The summed E-state index contributed by atoms with van der Waals surface area (Å²) in [5.41, 5.74) is 0.609. The molecule has 1 aliphatic heterocycles. The number of nitrogens with zero attached hydrogens (tertiary/aromatic N) is 1. The highest BCUT2D eigenvalue weighted by Gasteiger charge is 2.33. The van der Waals surface area contributed by atoms with Crippen LogP contribution >= 0.6 is 0 Å². The van der Waals surface area contributed by atoms with Crippen molar-refractivity contribution >= 4 is 17.6 Å². The fourth-order valence-electron chi connectivity index (χ4n) is 2.41. The van der Waals surface area contributed by atoms with Crippen LogP contribution < -0.4 is 0 Å². The summed E-state index contributed by atoms with van der Waals surface area (Å²) in [7, 11) is 0. The Morgan fingerprint density at radius 2 is 1.67 bits per heavy atom. The number of carbonyl (C=O) groups excluding carboxylic acids is 3. The van der Waals surface area contributed by atoms with E-state index in [9.17, 15) is 19.5 Å². The Balaban J connectivity index is 2.06. The van der Waals surface area contributed by atoms with Crippen LogP contribution in [0, 0.1) is 0 Å². The number of imide groups is 1. The SMILES string of the molecule is C=C(C)C(=O)CCCCCCCC(O)N1C(=O)CCC1=O. The van der Waals surface area contributed by atoms with Gasteiger partial charge in [0.05, 0.1) is 0 Å². The normalized spacial score (nSPS) is 16.4. The molecule has 1 atom stereocenters. The Hall–Kier alpha value is -1.49. The van der Waals surface area contributed by atoms with Crippen molar-refractivity contribution in [2.24, 2.45) is 0 Å². The van der Waals surface area contributed by atoms with Crippen LogP contribution in [0.1, 0.15) is 64.7 Å². The van der Waals surface area contributed by atoms with E-state index >= 15 is 0 Å². The zero-order valence-electron chi connectivity index (χ0n) is 12.8. The average molecular weight is 295 g/mol. The van der Waals surface area contributed by atoms with Crippen molar-refractivity contribution in [1.82, 2.24) is 4.90 Å². The molecule has 5 heteroatoms. The summed E-state index contributed by atoms with van der Waals surface area (Å²) in [4.78, 5) is 35.2. The molecule has 0 saturated carbocycles. The molecule has 2 amide bonds. The highest BCUT2D eigenvalue weighted by molar-refractivity contribution is 6.02. The van der Waals surface area contributed by atoms with Gasteiger partial charge in [0.1, 0.15) is 6.23 Å². The van der Waals surface area contributed by atoms with Crippen LogP contribution in [0.2, 0.25) is 0 Å². The molecule has 0 aliphatic carbocycles. The maximum absolute atomic E-state index is 11.4. The molecule has 1 saturated heterocycles. The van der Waals surface area contributed by atoms with E-state index in [1.807, 2.05) is 0 Å². The first-order valence-electron chi connectivity index (χ1n) is 7.65. The van der Waals surface area contributed by atoms with Gasteiger partial charge in [-0.05, 0) is 31.8 Å². The summed E-state index contributed by atoms with van der Waals surface area (Å²) < 4.78 is 0. The zero-order chi connectivity index (χ0) is 15.8. The van der Waals surface area contributed by atoms with Gasteiger partial charge in [-0.3, -0.25) is 19.3 Å². The fourth-order valence-corrected chi connectivity index (χ4v) is 2.41. The van der Waals surface area contributed by atoms with Crippen LogP contribution in [0.25, 0.3) is 0 Å². The van der Waals surface area contributed by atoms with Gasteiger partial charge >= 0.3 is 0 Å². The Kier molecular flexibility index (Phi) is 7.29. The summed E-state index contributed by atoms with van der Waals surface area (Å²) in [6.45, 7) is 5.34. The maximum Gasteiger partial charge on any atom is 0.231 e. The number of hydrogen-bond donors (Lipinski definition) is 1. The lowest BCUT2D eigenvalue weighted by Gasteiger charge is -2.20. The zero-order valence-corrected chi connectivity index (χ0v) is 12.8. The number of carbonyl (C=O) groups is 3. The monoisotopic (exact) mass is 295 g/mol. The second-order valence-electron chi connectivity index (χ2n) is 5.65. The van der Waals surface area contributed by atoms with Gasteiger partial charge in [0, 0.05) is 19.3 Å². The summed E-state index contributed by atoms with van der Waals surface area (Å²) in [5.74, 6) is -0.423. The third-order valence-corrected chi connectivity index (χ3v) is 3.73.